The largest absolute Gasteiger partial charge is 0.466 e. The lowest BCUT2D eigenvalue weighted by Gasteiger charge is -2.36. The first kappa shape index (κ1) is 22.0. The molecule has 5 nitrogen and oxygen atoms in total. The molecule has 1 saturated carbocycles. The predicted molar refractivity (Wildman–Crippen MR) is 119 cm³/mol. The molecule has 0 amide bonds. The zero-order chi connectivity index (χ0) is 21.2. The standard InChI is InChI=1S/C25H32N2O3/c1-3-29-25(28)22-16-10-11-17-23(22)27(2)18-19-30-26-24(20-12-6-4-7-13-20)21-14-8-5-9-15-21/h4-9,12-15,22-23H,3,10-11,16-19H2,1-2H3/t22-,23+/m0/s1. The predicted octanol–water partition coefficient (Wildman–Crippen LogP) is 4.51. The average molecular weight is 409 g/mol. The van der Waals surface area contributed by atoms with Crippen LogP contribution in [0.2, 0.25) is 0 Å². The van der Waals surface area contributed by atoms with Crippen molar-refractivity contribution < 1.29 is 14.4 Å². The number of ether oxygens (including phenoxy) is 1. The summed E-state index contributed by atoms with van der Waals surface area (Å²) in [6.45, 7) is 3.47. The summed E-state index contributed by atoms with van der Waals surface area (Å²) in [5.74, 6) is -0.111. The van der Waals surface area contributed by atoms with Gasteiger partial charge in [-0.3, -0.25) is 9.69 Å². The molecule has 0 unspecified atom stereocenters. The molecule has 0 aliphatic heterocycles. The van der Waals surface area contributed by atoms with E-state index in [-0.39, 0.29) is 17.9 Å². The van der Waals surface area contributed by atoms with E-state index in [0.29, 0.717) is 19.8 Å². The zero-order valence-electron chi connectivity index (χ0n) is 18.0. The van der Waals surface area contributed by atoms with Crippen molar-refractivity contribution in [2.75, 3.05) is 26.8 Å². The van der Waals surface area contributed by atoms with Gasteiger partial charge in [0, 0.05) is 23.7 Å². The Hall–Kier alpha value is -2.66. The van der Waals surface area contributed by atoms with E-state index in [2.05, 4.69) is 17.1 Å². The summed E-state index contributed by atoms with van der Waals surface area (Å²) in [4.78, 5) is 20.3. The first-order chi connectivity index (χ1) is 14.7. The van der Waals surface area contributed by atoms with Gasteiger partial charge in [0.2, 0.25) is 0 Å². The molecule has 0 bridgehead atoms. The zero-order valence-corrected chi connectivity index (χ0v) is 18.0. The van der Waals surface area contributed by atoms with Gasteiger partial charge in [0.05, 0.1) is 12.5 Å². The van der Waals surface area contributed by atoms with Crippen molar-refractivity contribution in [2.24, 2.45) is 11.1 Å². The number of carbonyl (C=O) groups excluding carboxylic acids is 1. The highest BCUT2D eigenvalue weighted by Gasteiger charge is 2.34. The second kappa shape index (κ2) is 11.5. The van der Waals surface area contributed by atoms with E-state index >= 15 is 0 Å². The Morgan fingerprint density at radius 3 is 2.20 bits per heavy atom. The molecule has 1 aliphatic carbocycles. The van der Waals surface area contributed by atoms with Crippen LogP contribution in [0.15, 0.2) is 65.8 Å². The molecule has 30 heavy (non-hydrogen) atoms. The number of rotatable bonds is 9. The first-order valence-corrected chi connectivity index (χ1v) is 10.9. The molecule has 160 valence electrons. The third-order valence-corrected chi connectivity index (χ3v) is 5.67. The van der Waals surface area contributed by atoms with Gasteiger partial charge in [-0.2, -0.15) is 0 Å². The third-order valence-electron chi connectivity index (χ3n) is 5.67. The summed E-state index contributed by atoms with van der Waals surface area (Å²) in [7, 11) is 2.06. The number of benzene rings is 2. The Kier molecular flexibility index (Phi) is 8.45. The quantitative estimate of drug-likeness (QED) is 0.265. The SMILES string of the molecule is CCOC(=O)[C@H]1CCCC[C@H]1N(C)CCON=C(c1ccccc1)c1ccccc1. The maximum Gasteiger partial charge on any atom is 0.310 e. The summed E-state index contributed by atoms with van der Waals surface area (Å²) in [5.41, 5.74) is 2.86. The fraction of sp³-hybridized carbons (Fsp3) is 0.440. The Bertz CT molecular complexity index is 766. The van der Waals surface area contributed by atoms with E-state index in [4.69, 9.17) is 9.57 Å². The maximum absolute atomic E-state index is 12.3. The number of oxime groups is 1. The summed E-state index contributed by atoms with van der Waals surface area (Å²) >= 11 is 0. The van der Waals surface area contributed by atoms with Crippen molar-refractivity contribution in [3.8, 4) is 0 Å². The highest BCUT2D eigenvalue weighted by Crippen LogP contribution is 2.29. The van der Waals surface area contributed by atoms with Gasteiger partial charge < -0.3 is 9.57 Å². The molecule has 0 radical (unpaired) electrons. The van der Waals surface area contributed by atoms with Gasteiger partial charge in [-0.1, -0.05) is 78.7 Å². The van der Waals surface area contributed by atoms with Crippen LogP contribution in [0.3, 0.4) is 0 Å². The Morgan fingerprint density at radius 2 is 1.60 bits per heavy atom. The number of carbonyl (C=O) groups is 1. The maximum atomic E-state index is 12.3. The van der Waals surface area contributed by atoms with Gasteiger partial charge in [0.25, 0.3) is 0 Å². The van der Waals surface area contributed by atoms with Crippen molar-refractivity contribution in [1.82, 2.24) is 4.90 Å². The van der Waals surface area contributed by atoms with Crippen LogP contribution in [0, 0.1) is 5.92 Å². The summed E-state index contributed by atoms with van der Waals surface area (Å²) in [5, 5.41) is 4.46. The topological polar surface area (TPSA) is 51.1 Å². The molecular weight excluding hydrogens is 376 g/mol. The first-order valence-electron chi connectivity index (χ1n) is 10.9. The molecule has 0 saturated heterocycles. The summed E-state index contributed by atoms with van der Waals surface area (Å²) < 4.78 is 5.30. The van der Waals surface area contributed by atoms with E-state index in [1.54, 1.807) is 0 Å². The van der Waals surface area contributed by atoms with Crippen LogP contribution in [0.5, 0.6) is 0 Å². The highest BCUT2D eigenvalue weighted by atomic mass is 16.6. The van der Waals surface area contributed by atoms with Gasteiger partial charge in [-0.05, 0) is 26.8 Å². The molecule has 2 aromatic carbocycles. The molecular formula is C25H32N2O3. The molecule has 0 spiro atoms. The van der Waals surface area contributed by atoms with E-state index < -0.39 is 0 Å². The number of hydrogen-bond donors (Lipinski definition) is 0. The molecule has 3 rings (SSSR count). The third kappa shape index (κ3) is 5.92. The smallest absolute Gasteiger partial charge is 0.310 e. The number of hydrogen-bond acceptors (Lipinski definition) is 5. The molecule has 5 heteroatoms. The minimum atomic E-state index is -0.0663. The lowest BCUT2D eigenvalue weighted by atomic mass is 9.83. The van der Waals surface area contributed by atoms with E-state index in [1.807, 2.05) is 67.6 Å². The van der Waals surface area contributed by atoms with Crippen LogP contribution in [-0.4, -0.2) is 49.4 Å². The van der Waals surface area contributed by atoms with Crippen LogP contribution in [0.4, 0.5) is 0 Å². The molecule has 0 N–H and O–H groups in total. The van der Waals surface area contributed by atoms with E-state index in [0.717, 1.165) is 42.5 Å². The molecule has 2 atom stereocenters. The summed E-state index contributed by atoms with van der Waals surface area (Å²) in [6, 6.07) is 20.3. The lowest BCUT2D eigenvalue weighted by Crippen LogP contribution is -2.45. The monoisotopic (exact) mass is 408 g/mol. The Balaban J connectivity index is 1.62. The summed E-state index contributed by atoms with van der Waals surface area (Å²) in [6.07, 6.45) is 4.16. The van der Waals surface area contributed by atoms with Gasteiger partial charge in [-0.25, -0.2) is 0 Å². The van der Waals surface area contributed by atoms with Crippen LogP contribution < -0.4 is 0 Å². The van der Waals surface area contributed by atoms with Crippen LogP contribution in [0.25, 0.3) is 0 Å². The van der Waals surface area contributed by atoms with E-state index in [9.17, 15) is 4.79 Å². The van der Waals surface area contributed by atoms with Gasteiger partial charge in [-0.15, -0.1) is 0 Å². The van der Waals surface area contributed by atoms with Gasteiger partial charge in [0.15, 0.2) is 0 Å². The van der Waals surface area contributed by atoms with Crippen molar-refractivity contribution >= 4 is 11.7 Å². The average Bonchev–Trinajstić information content (AvgIpc) is 2.80. The highest BCUT2D eigenvalue weighted by molar-refractivity contribution is 6.12. The van der Waals surface area contributed by atoms with Crippen molar-refractivity contribution in [3.05, 3.63) is 71.8 Å². The Labute approximate surface area is 179 Å². The normalized spacial score (nSPS) is 18.6. The molecule has 1 aliphatic rings. The second-order valence-corrected chi connectivity index (χ2v) is 7.70. The van der Waals surface area contributed by atoms with Crippen molar-refractivity contribution in [2.45, 2.75) is 38.6 Å². The molecule has 2 aromatic rings. The van der Waals surface area contributed by atoms with Crippen LogP contribution in [0.1, 0.15) is 43.7 Å². The fourth-order valence-corrected chi connectivity index (χ4v) is 4.09. The van der Waals surface area contributed by atoms with Gasteiger partial charge in [0.1, 0.15) is 12.3 Å². The number of nitrogens with zero attached hydrogens (tertiary/aromatic N) is 2. The lowest BCUT2D eigenvalue weighted by molar-refractivity contribution is -0.151. The molecule has 1 fully saturated rings. The Morgan fingerprint density at radius 1 is 1.00 bits per heavy atom. The number of likely N-dealkylation sites (N-methyl/N-ethyl adjacent to an activating group) is 1. The minimum absolute atomic E-state index is 0.0450. The minimum Gasteiger partial charge on any atom is -0.466 e. The fourth-order valence-electron chi connectivity index (χ4n) is 4.09. The second-order valence-electron chi connectivity index (χ2n) is 7.70. The van der Waals surface area contributed by atoms with Crippen molar-refractivity contribution in [3.63, 3.8) is 0 Å². The number of esters is 1. The molecule has 0 heterocycles. The van der Waals surface area contributed by atoms with Crippen LogP contribution in [-0.2, 0) is 14.4 Å². The van der Waals surface area contributed by atoms with Gasteiger partial charge >= 0.3 is 5.97 Å². The van der Waals surface area contributed by atoms with Crippen molar-refractivity contribution in [1.29, 1.82) is 0 Å². The van der Waals surface area contributed by atoms with E-state index in [1.165, 1.54) is 0 Å². The van der Waals surface area contributed by atoms with Crippen LogP contribution >= 0.6 is 0 Å². The molecule has 0 aromatic heterocycles.